The van der Waals surface area contributed by atoms with E-state index < -0.39 is 5.91 Å². The number of thiazole rings is 1. The summed E-state index contributed by atoms with van der Waals surface area (Å²) in [6.45, 7) is 5.08. The smallest absolute Gasteiger partial charge is 0.292 e. The maximum atomic E-state index is 12.3. The van der Waals surface area contributed by atoms with Crippen LogP contribution >= 0.6 is 11.3 Å². The standard InChI is InChI=1S/C20H21N5O3S/c1-12-9-16-17(29-13(2)22-16)10-15(12)23-20-21-6-3-18(24-20)25(19(27)11-26)14-4-7-28-8-5-14/h3,6,9-11,14H,4-5,7-8H2,1-2H3,(H,21,23,24). The summed E-state index contributed by atoms with van der Waals surface area (Å²) in [5.41, 5.74) is 2.85. The SMILES string of the molecule is Cc1nc2cc(C)c(Nc3nccc(N(C(=O)C=O)C4CCOCC4)n3)cc2s1. The number of aldehydes is 1. The molecule has 1 aromatic carbocycles. The van der Waals surface area contributed by atoms with E-state index in [4.69, 9.17) is 4.74 Å². The van der Waals surface area contributed by atoms with E-state index in [0.717, 1.165) is 26.5 Å². The lowest BCUT2D eigenvalue weighted by Gasteiger charge is -2.32. The highest BCUT2D eigenvalue weighted by molar-refractivity contribution is 7.18. The van der Waals surface area contributed by atoms with Crippen LogP contribution in [-0.2, 0) is 14.3 Å². The Morgan fingerprint density at radius 3 is 2.83 bits per heavy atom. The van der Waals surface area contributed by atoms with Crippen molar-refractivity contribution in [2.45, 2.75) is 32.7 Å². The van der Waals surface area contributed by atoms with Crippen LogP contribution in [-0.4, -0.2) is 46.4 Å². The number of aromatic nitrogens is 3. The molecule has 0 saturated carbocycles. The molecule has 0 radical (unpaired) electrons. The highest BCUT2D eigenvalue weighted by atomic mass is 32.1. The van der Waals surface area contributed by atoms with E-state index in [9.17, 15) is 9.59 Å². The van der Waals surface area contributed by atoms with Crippen LogP contribution in [0.25, 0.3) is 10.2 Å². The average Bonchev–Trinajstić information content (AvgIpc) is 3.08. The van der Waals surface area contributed by atoms with Gasteiger partial charge in [0.15, 0.2) is 0 Å². The minimum Gasteiger partial charge on any atom is -0.381 e. The Morgan fingerprint density at radius 1 is 1.28 bits per heavy atom. The number of fused-ring (bicyclic) bond motifs is 1. The lowest BCUT2D eigenvalue weighted by molar-refractivity contribution is -0.130. The molecule has 9 heteroatoms. The number of carbonyl (C=O) groups excluding carboxylic acids is 2. The third-order valence-corrected chi connectivity index (χ3v) is 5.80. The summed E-state index contributed by atoms with van der Waals surface area (Å²) in [5, 5.41) is 4.24. The molecule has 4 rings (SSSR count). The van der Waals surface area contributed by atoms with Gasteiger partial charge >= 0.3 is 0 Å². The maximum Gasteiger partial charge on any atom is 0.292 e. The van der Waals surface area contributed by atoms with Crippen molar-refractivity contribution in [1.82, 2.24) is 15.0 Å². The lowest BCUT2D eigenvalue weighted by Crippen LogP contribution is -2.44. The van der Waals surface area contributed by atoms with Gasteiger partial charge in [-0.3, -0.25) is 14.5 Å². The molecule has 3 aromatic rings. The van der Waals surface area contributed by atoms with Crippen LogP contribution in [0.15, 0.2) is 24.4 Å². The van der Waals surface area contributed by atoms with Crippen LogP contribution in [0.2, 0.25) is 0 Å². The van der Waals surface area contributed by atoms with Crippen molar-refractivity contribution in [2.24, 2.45) is 0 Å². The normalized spacial score (nSPS) is 14.7. The van der Waals surface area contributed by atoms with E-state index in [1.807, 2.05) is 26.0 Å². The molecule has 2 aromatic heterocycles. The number of nitrogens with one attached hydrogen (secondary N) is 1. The third-order valence-electron chi connectivity index (χ3n) is 4.87. The summed E-state index contributed by atoms with van der Waals surface area (Å²) in [4.78, 5) is 38.3. The van der Waals surface area contributed by atoms with Crippen LogP contribution in [0.1, 0.15) is 23.4 Å². The Kier molecular flexibility index (Phi) is 5.50. The molecule has 1 saturated heterocycles. The number of anilines is 3. The van der Waals surface area contributed by atoms with Crippen LogP contribution in [0.4, 0.5) is 17.5 Å². The minimum absolute atomic E-state index is 0.123. The molecule has 0 unspecified atom stereocenters. The summed E-state index contributed by atoms with van der Waals surface area (Å²) < 4.78 is 6.45. The molecule has 1 fully saturated rings. The fourth-order valence-electron chi connectivity index (χ4n) is 3.47. The minimum atomic E-state index is -0.612. The van der Waals surface area contributed by atoms with Gasteiger partial charge in [0.2, 0.25) is 12.2 Å². The molecule has 1 amide bonds. The van der Waals surface area contributed by atoms with Crippen molar-refractivity contribution in [2.75, 3.05) is 23.4 Å². The van der Waals surface area contributed by atoms with E-state index in [-0.39, 0.29) is 6.04 Å². The van der Waals surface area contributed by atoms with E-state index >= 15 is 0 Å². The topological polar surface area (TPSA) is 97.3 Å². The summed E-state index contributed by atoms with van der Waals surface area (Å²) in [5.74, 6) is 0.153. The second-order valence-corrected chi connectivity index (χ2v) is 8.14. The molecule has 8 nitrogen and oxygen atoms in total. The van der Waals surface area contributed by atoms with Gasteiger partial charge in [0.1, 0.15) is 5.82 Å². The highest BCUT2D eigenvalue weighted by Gasteiger charge is 2.28. The monoisotopic (exact) mass is 411 g/mol. The Bertz CT molecular complexity index is 1060. The summed E-state index contributed by atoms with van der Waals surface area (Å²) in [7, 11) is 0. The van der Waals surface area contributed by atoms with Crippen LogP contribution in [0, 0.1) is 13.8 Å². The van der Waals surface area contributed by atoms with Crippen molar-refractivity contribution >= 4 is 51.2 Å². The van der Waals surface area contributed by atoms with Crippen molar-refractivity contribution in [3.05, 3.63) is 35.0 Å². The molecule has 150 valence electrons. The molecule has 0 spiro atoms. The van der Waals surface area contributed by atoms with E-state index in [1.54, 1.807) is 23.6 Å². The van der Waals surface area contributed by atoms with E-state index in [2.05, 4.69) is 20.3 Å². The molecular weight excluding hydrogens is 390 g/mol. The first-order valence-corrected chi connectivity index (χ1v) is 10.2. The maximum absolute atomic E-state index is 12.3. The highest BCUT2D eigenvalue weighted by Crippen LogP contribution is 2.29. The quantitative estimate of drug-likeness (QED) is 0.509. The number of rotatable bonds is 5. The molecule has 0 bridgehead atoms. The number of benzene rings is 1. The van der Waals surface area contributed by atoms with Crippen LogP contribution in [0.5, 0.6) is 0 Å². The molecular formula is C20H21N5O3S. The van der Waals surface area contributed by atoms with Crippen molar-refractivity contribution < 1.29 is 14.3 Å². The Morgan fingerprint density at radius 2 is 2.07 bits per heavy atom. The zero-order chi connectivity index (χ0) is 20.4. The number of amides is 1. The van der Waals surface area contributed by atoms with Crippen LogP contribution < -0.4 is 10.2 Å². The summed E-state index contributed by atoms with van der Waals surface area (Å²) in [6.07, 6.45) is 3.23. The Hall–Kier alpha value is -2.91. The molecule has 0 aliphatic carbocycles. The van der Waals surface area contributed by atoms with Crippen molar-refractivity contribution in [3.8, 4) is 0 Å². The summed E-state index contributed by atoms with van der Waals surface area (Å²) >= 11 is 1.62. The van der Waals surface area contributed by atoms with Gasteiger partial charge in [-0.2, -0.15) is 4.98 Å². The number of hydrogen-bond donors (Lipinski definition) is 1. The first kappa shape index (κ1) is 19.4. The van der Waals surface area contributed by atoms with Gasteiger partial charge in [0.05, 0.1) is 15.2 Å². The average molecular weight is 411 g/mol. The van der Waals surface area contributed by atoms with Gasteiger partial charge < -0.3 is 10.1 Å². The van der Waals surface area contributed by atoms with Crippen LogP contribution in [0.3, 0.4) is 0 Å². The predicted molar refractivity (Wildman–Crippen MR) is 112 cm³/mol. The molecule has 29 heavy (non-hydrogen) atoms. The van der Waals surface area contributed by atoms with Gasteiger partial charge in [-0.05, 0) is 50.5 Å². The van der Waals surface area contributed by atoms with E-state index in [0.29, 0.717) is 44.1 Å². The molecule has 1 N–H and O–H groups in total. The van der Waals surface area contributed by atoms with Gasteiger partial charge in [0, 0.05) is 31.1 Å². The Labute approximate surface area is 171 Å². The largest absolute Gasteiger partial charge is 0.381 e. The van der Waals surface area contributed by atoms with Gasteiger partial charge in [-0.1, -0.05) is 0 Å². The lowest BCUT2D eigenvalue weighted by atomic mass is 10.1. The van der Waals surface area contributed by atoms with Gasteiger partial charge in [0.25, 0.3) is 5.91 Å². The Balaban J connectivity index is 1.64. The van der Waals surface area contributed by atoms with E-state index in [1.165, 1.54) is 4.90 Å². The number of hydrogen-bond acceptors (Lipinski definition) is 8. The second kappa shape index (κ2) is 8.22. The fraction of sp³-hybridized carbons (Fsp3) is 0.350. The zero-order valence-corrected chi connectivity index (χ0v) is 17.0. The van der Waals surface area contributed by atoms with Crippen molar-refractivity contribution in [3.63, 3.8) is 0 Å². The number of nitrogens with zero attached hydrogens (tertiary/aromatic N) is 4. The summed E-state index contributed by atoms with van der Waals surface area (Å²) in [6, 6.07) is 5.57. The van der Waals surface area contributed by atoms with Gasteiger partial charge in [-0.15, -0.1) is 11.3 Å². The second-order valence-electron chi connectivity index (χ2n) is 6.90. The molecule has 1 aliphatic heterocycles. The first-order valence-electron chi connectivity index (χ1n) is 9.39. The third kappa shape index (κ3) is 4.10. The van der Waals surface area contributed by atoms with Gasteiger partial charge in [-0.25, -0.2) is 9.97 Å². The zero-order valence-electron chi connectivity index (χ0n) is 16.2. The number of carbonyl (C=O) groups is 2. The molecule has 1 aliphatic rings. The number of aryl methyl sites for hydroxylation is 2. The van der Waals surface area contributed by atoms with Crippen molar-refractivity contribution in [1.29, 1.82) is 0 Å². The molecule has 3 heterocycles. The predicted octanol–water partition coefficient (Wildman–Crippen LogP) is 3.16. The molecule has 0 atom stereocenters. The fourth-order valence-corrected chi connectivity index (χ4v) is 4.32. The first-order chi connectivity index (χ1) is 14.0. The number of ether oxygens (including phenoxy) is 1.